The number of carbonyl (C=O) groups is 1. The molecular weight excluding hydrogens is 324 g/mol. The SMILES string of the molecule is CC(C)(C)c1ccccc1NC(=O)c1cnc(Nc2ccccc2)nc1. The van der Waals surface area contributed by atoms with E-state index in [-0.39, 0.29) is 11.3 Å². The normalized spacial score (nSPS) is 11.0. The van der Waals surface area contributed by atoms with Crippen molar-refractivity contribution < 1.29 is 4.79 Å². The average Bonchev–Trinajstić information content (AvgIpc) is 2.63. The number of nitrogens with zero attached hydrogens (tertiary/aromatic N) is 2. The Morgan fingerprint density at radius 3 is 2.15 bits per heavy atom. The first kappa shape index (κ1) is 17.6. The van der Waals surface area contributed by atoms with Gasteiger partial charge in [-0.3, -0.25) is 4.79 Å². The Kier molecular flexibility index (Phi) is 4.98. The largest absolute Gasteiger partial charge is 0.324 e. The van der Waals surface area contributed by atoms with Gasteiger partial charge in [-0.05, 0) is 29.2 Å². The van der Waals surface area contributed by atoms with Gasteiger partial charge in [-0.25, -0.2) is 9.97 Å². The van der Waals surface area contributed by atoms with Crippen LogP contribution in [0, 0.1) is 0 Å². The molecule has 0 unspecified atom stereocenters. The van der Waals surface area contributed by atoms with Crippen LogP contribution in [0.15, 0.2) is 67.0 Å². The Hall–Kier alpha value is -3.21. The molecule has 26 heavy (non-hydrogen) atoms. The molecule has 0 aliphatic carbocycles. The lowest BCUT2D eigenvalue weighted by molar-refractivity contribution is 0.102. The third-order valence-corrected chi connectivity index (χ3v) is 3.93. The van der Waals surface area contributed by atoms with Gasteiger partial charge < -0.3 is 10.6 Å². The first-order valence-electron chi connectivity index (χ1n) is 8.48. The number of nitrogens with one attached hydrogen (secondary N) is 2. The fraction of sp³-hybridized carbons (Fsp3) is 0.190. The molecule has 0 saturated carbocycles. The van der Waals surface area contributed by atoms with Crippen LogP contribution in [0.1, 0.15) is 36.7 Å². The number of aromatic nitrogens is 2. The van der Waals surface area contributed by atoms with Crippen LogP contribution < -0.4 is 10.6 Å². The van der Waals surface area contributed by atoms with Gasteiger partial charge in [-0.1, -0.05) is 57.2 Å². The first-order valence-corrected chi connectivity index (χ1v) is 8.48. The molecule has 2 aromatic carbocycles. The van der Waals surface area contributed by atoms with Crippen LogP contribution in [0.3, 0.4) is 0 Å². The number of carbonyl (C=O) groups excluding carboxylic acids is 1. The van der Waals surface area contributed by atoms with Gasteiger partial charge in [0.15, 0.2) is 0 Å². The summed E-state index contributed by atoms with van der Waals surface area (Å²) in [5, 5.41) is 6.06. The van der Waals surface area contributed by atoms with Crippen molar-refractivity contribution in [1.82, 2.24) is 9.97 Å². The highest BCUT2D eigenvalue weighted by Crippen LogP contribution is 2.29. The molecule has 1 aromatic heterocycles. The van der Waals surface area contributed by atoms with E-state index in [1.807, 2.05) is 54.6 Å². The molecule has 0 saturated heterocycles. The lowest BCUT2D eigenvalue weighted by Gasteiger charge is -2.22. The smallest absolute Gasteiger partial charge is 0.258 e. The van der Waals surface area contributed by atoms with E-state index >= 15 is 0 Å². The zero-order valence-corrected chi connectivity index (χ0v) is 15.2. The van der Waals surface area contributed by atoms with Crippen molar-refractivity contribution in [2.75, 3.05) is 10.6 Å². The molecule has 3 aromatic rings. The highest BCUT2D eigenvalue weighted by molar-refractivity contribution is 6.04. The van der Waals surface area contributed by atoms with Crippen LogP contribution in [0.5, 0.6) is 0 Å². The summed E-state index contributed by atoms with van der Waals surface area (Å²) in [4.78, 5) is 21.0. The van der Waals surface area contributed by atoms with Gasteiger partial charge in [-0.15, -0.1) is 0 Å². The molecule has 0 aliphatic heterocycles. The van der Waals surface area contributed by atoms with Crippen LogP contribution in [-0.4, -0.2) is 15.9 Å². The molecule has 3 rings (SSSR count). The average molecular weight is 346 g/mol. The molecule has 5 heteroatoms. The van der Waals surface area contributed by atoms with Crippen LogP contribution >= 0.6 is 0 Å². The summed E-state index contributed by atoms with van der Waals surface area (Å²) >= 11 is 0. The monoisotopic (exact) mass is 346 g/mol. The Balaban J connectivity index is 1.73. The summed E-state index contributed by atoms with van der Waals surface area (Å²) in [5.41, 5.74) is 3.12. The lowest BCUT2D eigenvalue weighted by Crippen LogP contribution is -2.19. The van der Waals surface area contributed by atoms with E-state index in [1.54, 1.807) is 0 Å². The second-order valence-electron chi connectivity index (χ2n) is 7.04. The van der Waals surface area contributed by atoms with Gasteiger partial charge in [0, 0.05) is 23.8 Å². The number of para-hydroxylation sites is 2. The van der Waals surface area contributed by atoms with Gasteiger partial charge in [0.05, 0.1) is 5.56 Å². The maximum Gasteiger partial charge on any atom is 0.258 e. The summed E-state index contributed by atoms with van der Waals surface area (Å²) in [6.07, 6.45) is 3.04. The van der Waals surface area contributed by atoms with Crippen molar-refractivity contribution in [1.29, 1.82) is 0 Å². The third-order valence-electron chi connectivity index (χ3n) is 3.93. The second-order valence-corrected chi connectivity index (χ2v) is 7.04. The predicted octanol–water partition coefficient (Wildman–Crippen LogP) is 4.77. The summed E-state index contributed by atoms with van der Waals surface area (Å²) < 4.78 is 0. The van der Waals surface area contributed by atoms with Gasteiger partial charge in [0.2, 0.25) is 5.95 Å². The van der Waals surface area contributed by atoms with E-state index < -0.39 is 0 Å². The minimum Gasteiger partial charge on any atom is -0.324 e. The van der Waals surface area contributed by atoms with Gasteiger partial charge in [-0.2, -0.15) is 0 Å². The number of amides is 1. The molecule has 0 bridgehead atoms. The number of hydrogen-bond donors (Lipinski definition) is 2. The Morgan fingerprint density at radius 1 is 0.885 bits per heavy atom. The van der Waals surface area contributed by atoms with Gasteiger partial charge in [0.1, 0.15) is 0 Å². The van der Waals surface area contributed by atoms with Crippen molar-refractivity contribution in [3.8, 4) is 0 Å². The molecule has 0 spiro atoms. The molecule has 2 N–H and O–H groups in total. The molecule has 0 radical (unpaired) electrons. The van der Waals surface area contributed by atoms with Crippen molar-refractivity contribution >= 4 is 23.2 Å². The number of anilines is 3. The van der Waals surface area contributed by atoms with Crippen LogP contribution in [0.2, 0.25) is 0 Å². The molecule has 1 amide bonds. The Bertz CT molecular complexity index is 884. The lowest BCUT2D eigenvalue weighted by atomic mass is 9.86. The molecule has 1 heterocycles. The van der Waals surface area contributed by atoms with E-state index in [2.05, 4.69) is 41.4 Å². The van der Waals surface area contributed by atoms with E-state index in [0.29, 0.717) is 11.5 Å². The molecular formula is C21H22N4O. The second kappa shape index (κ2) is 7.35. The molecule has 5 nitrogen and oxygen atoms in total. The van der Waals surface area contributed by atoms with Crippen molar-refractivity contribution in [3.63, 3.8) is 0 Å². The highest BCUT2D eigenvalue weighted by Gasteiger charge is 2.19. The van der Waals surface area contributed by atoms with Gasteiger partial charge in [0.25, 0.3) is 5.91 Å². The maximum absolute atomic E-state index is 12.6. The van der Waals surface area contributed by atoms with Crippen LogP contribution in [0.4, 0.5) is 17.3 Å². The Morgan fingerprint density at radius 2 is 1.50 bits per heavy atom. The molecule has 0 fully saturated rings. The summed E-state index contributed by atoms with van der Waals surface area (Å²) in [6, 6.07) is 17.5. The predicted molar refractivity (Wildman–Crippen MR) is 105 cm³/mol. The summed E-state index contributed by atoms with van der Waals surface area (Å²) in [7, 11) is 0. The van der Waals surface area contributed by atoms with E-state index in [1.165, 1.54) is 12.4 Å². The molecule has 132 valence electrons. The molecule has 0 atom stereocenters. The third kappa shape index (κ3) is 4.25. The number of hydrogen-bond acceptors (Lipinski definition) is 4. The van der Waals surface area contributed by atoms with Crippen molar-refractivity contribution in [2.45, 2.75) is 26.2 Å². The zero-order valence-electron chi connectivity index (χ0n) is 15.2. The first-order chi connectivity index (χ1) is 12.4. The zero-order chi connectivity index (χ0) is 18.6. The molecule has 0 aliphatic rings. The standard InChI is InChI=1S/C21H22N4O/c1-21(2,3)17-11-7-8-12-18(17)25-19(26)15-13-22-20(23-14-15)24-16-9-5-4-6-10-16/h4-14H,1-3H3,(H,25,26)(H,22,23,24). The van der Waals surface area contributed by atoms with E-state index in [0.717, 1.165) is 16.9 Å². The number of benzene rings is 2. The Labute approximate surface area is 153 Å². The number of rotatable bonds is 4. The van der Waals surface area contributed by atoms with Crippen molar-refractivity contribution in [2.24, 2.45) is 0 Å². The van der Waals surface area contributed by atoms with Crippen molar-refractivity contribution in [3.05, 3.63) is 78.1 Å². The maximum atomic E-state index is 12.6. The quantitative estimate of drug-likeness (QED) is 0.714. The summed E-state index contributed by atoms with van der Waals surface area (Å²) in [5.74, 6) is 0.218. The van der Waals surface area contributed by atoms with E-state index in [9.17, 15) is 4.79 Å². The summed E-state index contributed by atoms with van der Waals surface area (Å²) in [6.45, 7) is 6.35. The van der Waals surface area contributed by atoms with Crippen LogP contribution in [0.25, 0.3) is 0 Å². The van der Waals surface area contributed by atoms with Crippen LogP contribution in [-0.2, 0) is 5.41 Å². The minimum absolute atomic E-state index is 0.0656. The fourth-order valence-electron chi connectivity index (χ4n) is 2.60. The topological polar surface area (TPSA) is 66.9 Å². The fourth-order valence-corrected chi connectivity index (χ4v) is 2.60. The van der Waals surface area contributed by atoms with Gasteiger partial charge >= 0.3 is 0 Å². The van der Waals surface area contributed by atoms with E-state index in [4.69, 9.17) is 0 Å². The highest BCUT2D eigenvalue weighted by atomic mass is 16.1. The minimum atomic E-state index is -0.229.